The van der Waals surface area contributed by atoms with Gasteiger partial charge in [-0.3, -0.25) is 4.72 Å². The van der Waals surface area contributed by atoms with Gasteiger partial charge in [0, 0.05) is 48.5 Å². The van der Waals surface area contributed by atoms with E-state index in [2.05, 4.69) is 33.2 Å². The standard InChI is InChI=1S/C33H38N4O5S/c1-3-37(4-2)43(39,40)36-31-20-25(14-17-33(31)42-23-24-10-6-5-7-11-24)32(38)22-34-18-19-41-26-15-16-28-27-12-8-9-13-29(27)35-30(28)21-26/h5-17,20-21,32,34-36,38H,3-4,18-19,22-23H2,1-2H3. The highest BCUT2D eigenvalue weighted by Crippen LogP contribution is 2.31. The first-order chi connectivity index (χ1) is 20.9. The van der Waals surface area contributed by atoms with Gasteiger partial charge in [0.25, 0.3) is 0 Å². The monoisotopic (exact) mass is 602 g/mol. The van der Waals surface area contributed by atoms with Crippen LogP contribution in [-0.4, -0.2) is 55.6 Å². The van der Waals surface area contributed by atoms with E-state index in [1.54, 1.807) is 32.0 Å². The second-order valence-corrected chi connectivity index (χ2v) is 11.8. The summed E-state index contributed by atoms with van der Waals surface area (Å²) in [6.45, 7) is 5.69. The highest BCUT2D eigenvalue weighted by Gasteiger charge is 2.21. The molecule has 0 spiro atoms. The molecular weight excluding hydrogens is 564 g/mol. The van der Waals surface area contributed by atoms with Gasteiger partial charge in [-0.1, -0.05) is 68.4 Å². The molecule has 5 aromatic rings. The molecule has 43 heavy (non-hydrogen) atoms. The molecule has 226 valence electrons. The van der Waals surface area contributed by atoms with Gasteiger partial charge in [-0.05, 0) is 41.5 Å². The van der Waals surface area contributed by atoms with E-state index in [0.29, 0.717) is 37.6 Å². The molecule has 0 bridgehead atoms. The molecule has 0 amide bonds. The van der Waals surface area contributed by atoms with Crippen LogP contribution in [0.2, 0.25) is 0 Å². The number of fused-ring (bicyclic) bond motifs is 3. The third-order valence-electron chi connectivity index (χ3n) is 7.27. The van der Waals surface area contributed by atoms with Crippen molar-refractivity contribution in [3.05, 3.63) is 102 Å². The van der Waals surface area contributed by atoms with Crippen LogP contribution in [0, 0.1) is 0 Å². The number of aromatic amines is 1. The van der Waals surface area contributed by atoms with Gasteiger partial charge in [0.1, 0.15) is 24.7 Å². The van der Waals surface area contributed by atoms with Crippen molar-refractivity contribution < 1.29 is 23.0 Å². The van der Waals surface area contributed by atoms with E-state index in [0.717, 1.165) is 27.7 Å². The average Bonchev–Trinajstić information content (AvgIpc) is 3.39. The Morgan fingerprint density at radius 3 is 2.40 bits per heavy atom. The molecule has 1 heterocycles. The molecule has 4 aromatic carbocycles. The Bertz CT molecular complexity index is 1750. The normalized spacial score (nSPS) is 12.6. The molecule has 0 fully saturated rings. The van der Waals surface area contributed by atoms with Crippen LogP contribution in [0.5, 0.6) is 11.5 Å². The number of H-pyrrole nitrogens is 1. The molecule has 0 saturated carbocycles. The van der Waals surface area contributed by atoms with Crippen molar-refractivity contribution in [3.8, 4) is 11.5 Å². The van der Waals surface area contributed by atoms with Crippen LogP contribution in [0.1, 0.15) is 31.1 Å². The van der Waals surface area contributed by atoms with E-state index in [1.165, 1.54) is 9.69 Å². The van der Waals surface area contributed by atoms with Crippen LogP contribution in [0.3, 0.4) is 0 Å². The number of benzene rings is 4. The zero-order valence-electron chi connectivity index (χ0n) is 24.4. The Labute approximate surface area is 252 Å². The first-order valence-corrected chi connectivity index (χ1v) is 15.9. The van der Waals surface area contributed by atoms with Gasteiger partial charge < -0.3 is 24.9 Å². The Morgan fingerprint density at radius 2 is 1.60 bits per heavy atom. The minimum absolute atomic E-state index is 0.261. The highest BCUT2D eigenvalue weighted by molar-refractivity contribution is 7.90. The van der Waals surface area contributed by atoms with Crippen molar-refractivity contribution in [1.82, 2.24) is 14.6 Å². The maximum absolute atomic E-state index is 13.0. The largest absolute Gasteiger partial charge is 0.492 e. The quantitative estimate of drug-likeness (QED) is 0.116. The molecule has 10 heteroatoms. The van der Waals surface area contributed by atoms with E-state index in [4.69, 9.17) is 9.47 Å². The summed E-state index contributed by atoms with van der Waals surface area (Å²) in [6.07, 6.45) is -0.873. The third kappa shape index (κ3) is 7.47. The number of para-hydroxylation sites is 1. The van der Waals surface area contributed by atoms with Gasteiger partial charge in [-0.15, -0.1) is 0 Å². The van der Waals surface area contributed by atoms with Gasteiger partial charge in [-0.25, -0.2) is 0 Å². The van der Waals surface area contributed by atoms with Crippen molar-refractivity contribution in [3.63, 3.8) is 0 Å². The number of aromatic nitrogens is 1. The van der Waals surface area contributed by atoms with Crippen LogP contribution >= 0.6 is 0 Å². The SMILES string of the molecule is CCN(CC)S(=O)(=O)Nc1cc(C(O)CNCCOc2ccc3c(c2)[nH]c2ccccc23)ccc1OCc1ccccc1. The Morgan fingerprint density at radius 1 is 0.860 bits per heavy atom. The van der Waals surface area contributed by atoms with E-state index in [9.17, 15) is 13.5 Å². The molecule has 4 N–H and O–H groups in total. The maximum Gasteiger partial charge on any atom is 0.301 e. The van der Waals surface area contributed by atoms with E-state index in [-0.39, 0.29) is 18.8 Å². The number of nitrogens with one attached hydrogen (secondary N) is 3. The molecule has 9 nitrogen and oxygen atoms in total. The molecule has 0 aliphatic rings. The summed E-state index contributed by atoms with van der Waals surface area (Å²) in [5.74, 6) is 1.14. The van der Waals surface area contributed by atoms with Gasteiger partial charge in [0.15, 0.2) is 0 Å². The van der Waals surface area contributed by atoms with Crippen molar-refractivity contribution in [2.24, 2.45) is 0 Å². The van der Waals surface area contributed by atoms with Crippen LogP contribution in [-0.2, 0) is 16.8 Å². The Hall–Kier alpha value is -4.09. The van der Waals surface area contributed by atoms with Gasteiger partial charge in [0.2, 0.25) is 0 Å². The fourth-order valence-corrected chi connectivity index (χ4v) is 6.23. The lowest BCUT2D eigenvalue weighted by atomic mass is 10.1. The number of ether oxygens (including phenoxy) is 2. The van der Waals surface area contributed by atoms with Crippen LogP contribution in [0.4, 0.5) is 5.69 Å². The summed E-state index contributed by atoms with van der Waals surface area (Å²) < 4.78 is 41.9. The second-order valence-electron chi connectivity index (χ2n) is 10.2. The molecule has 0 radical (unpaired) electrons. The third-order valence-corrected chi connectivity index (χ3v) is 8.95. The zero-order chi connectivity index (χ0) is 30.2. The summed E-state index contributed by atoms with van der Waals surface area (Å²) in [5, 5.41) is 16.5. The first kappa shape index (κ1) is 30.4. The second kappa shape index (κ2) is 13.9. The number of hydrogen-bond acceptors (Lipinski definition) is 6. The Balaban J connectivity index is 1.20. The summed E-state index contributed by atoms with van der Waals surface area (Å²) in [4.78, 5) is 3.42. The highest BCUT2D eigenvalue weighted by atomic mass is 32.2. The summed E-state index contributed by atoms with van der Waals surface area (Å²) in [7, 11) is -3.81. The lowest BCUT2D eigenvalue weighted by molar-refractivity contribution is 0.172. The van der Waals surface area contributed by atoms with Gasteiger partial charge in [0.05, 0.1) is 17.3 Å². The average molecular weight is 603 g/mol. The topological polar surface area (TPSA) is 116 Å². The number of aliphatic hydroxyl groups is 1. The predicted molar refractivity (Wildman–Crippen MR) is 172 cm³/mol. The molecule has 5 rings (SSSR count). The summed E-state index contributed by atoms with van der Waals surface area (Å²) in [5.41, 5.74) is 3.89. The smallest absolute Gasteiger partial charge is 0.301 e. The van der Waals surface area contributed by atoms with E-state index in [1.807, 2.05) is 54.6 Å². The number of rotatable bonds is 15. The Kier molecular flexibility index (Phi) is 9.83. The molecule has 0 aliphatic heterocycles. The van der Waals surface area contributed by atoms with Gasteiger partial charge in [-0.2, -0.15) is 12.7 Å². The number of hydrogen-bond donors (Lipinski definition) is 4. The van der Waals surface area contributed by atoms with Gasteiger partial charge >= 0.3 is 10.2 Å². The van der Waals surface area contributed by atoms with Crippen LogP contribution < -0.4 is 19.5 Å². The fourth-order valence-electron chi connectivity index (χ4n) is 4.98. The predicted octanol–water partition coefficient (Wildman–Crippen LogP) is 5.60. The molecule has 1 aromatic heterocycles. The number of aliphatic hydroxyl groups excluding tert-OH is 1. The van der Waals surface area contributed by atoms with Crippen molar-refractivity contribution in [2.45, 2.75) is 26.6 Å². The lowest BCUT2D eigenvalue weighted by Gasteiger charge is -2.22. The van der Waals surface area contributed by atoms with E-state index >= 15 is 0 Å². The van der Waals surface area contributed by atoms with E-state index < -0.39 is 16.3 Å². The minimum Gasteiger partial charge on any atom is -0.492 e. The van der Waals surface area contributed by atoms with Crippen LogP contribution in [0.25, 0.3) is 21.8 Å². The molecule has 0 aliphatic carbocycles. The summed E-state index contributed by atoms with van der Waals surface area (Å²) in [6, 6.07) is 28.9. The lowest BCUT2D eigenvalue weighted by Crippen LogP contribution is -2.35. The summed E-state index contributed by atoms with van der Waals surface area (Å²) >= 11 is 0. The van der Waals surface area contributed by atoms with Crippen molar-refractivity contribution in [2.75, 3.05) is 37.5 Å². The fraction of sp³-hybridized carbons (Fsp3) is 0.273. The molecule has 1 atom stereocenters. The zero-order valence-corrected chi connectivity index (χ0v) is 25.2. The molecule has 1 unspecified atom stereocenters. The number of anilines is 1. The molecule has 0 saturated heterocycles. The molecular formula is C33H38N4O5S. The minimum atomic E-state index is -3.81. The maximum atomic E-state index is 13.0. The van der Waals surface area contributed by atoms with Crippen molar-refractivity contribution >= 4 is 37.7 Å². The first-order valence-electron chi connectivity index (χ1n) is 14.5. The van der Waals surface area contributed by atoms with Crippen LogP contribution in [0.15, 0.2) is 91.0 Å². The number of nitrogens with zero attached hydrogens (tertiary/aromatic N) is 1. The van der Waals surface area contributed by atoms with Crippen molar-refractivity contribution in [1.29, 1.82) is 0 Å².